The summed E-state index contributed by atoms with van der Waals surface area (Å²) in [6, 6.07) is -0.269. The van der Waals surface area contributed by atoms with Crippen LogP contribution in [0.4, 0.5) is 0 Å². The zero-order valence-corrected chi connectivity index (χ0v) is 6.55. The van der Waals surface area contributed by atoms with Gasteiger partial charge in [0, 0.05) is 0 Å². The summed E-state index contributed by atoms with van der Waals surface area (Å²) in [5.74, 6) is -0.720. The molecular formula is C7H15NO2. The van der Waals surface area contributed by atoms with Gasteiger partial charge in [-0.1, -0.05) is 13.8 Å². The molecule has 1 saturated heterocycles. The molecule has 3 heteroatoms. The maximum atomic E-state index is 10.1. The topological polar surface area (TPSA) is 49.3 Å². The van der Waals surface area contributed by atoms with Crippen molar-refractivity contribution in [3.63, 3.8) is 0 Å². The molecule has 3 nitrogen and oxygen atoms in total. The van der Waals surface area contributed by atoms with Crippen molar-refractivity contribution in [1.82, 2.24) is 5.32 Å². The van der Waals surface area contributed by atoms with Crippen LogP contribution in [-0.4, -0.2) is 23.7 Å². The summed E-state index contributed by atoms with van der Waals surface area (Å²) in [5.41, 5.74) is 0. The summed E-state index contributed by atoms with van der Waals surface area (Å²) < 4.78 is 0. The summed E-state index contributed by atoms with van der Waals surface area (Å²) in [6.45, 7) is 4.86. The van der Waals surface area contributed by atoms with Gasteiger partial charge in [0.05, 0.1) is 0 Å². The van der Waals surface area contributed by atoms with E-state index in [0.29, 0.717) is 0 Å². The molecule has 0 spiro atoms. The van der Waals surface area contributed by atoms with Crippen LogP contribution in [0.25, 0.3) is 0 Å². The summed E-state index contributed by atoms with van der Waals surface area (Å²) >= 11 is 0. The zero-order chi connectivity index (χ0) is 7.98. The van der Waals surface area contributed by atoms with Gasteiger partial charge in [-0.05, 0) is 19.4 Å². The first-order valence-electron chi connectivity index (χ1n) is 3.77. The van der Waals surface area contributed by atoms with Gasteiger partial charge in [-0.3, -0.25) is 4.79 Å². The molecule has 1 atom stereocenters. The largest absolute Gasteiger partial charge is 0.480 e. The lowest BCUT2D eigenvalue weighted by Crippen LogP contribution is -2.29. The Balaban J connectivity index is 0.000000371. The first-order chi connectivity index (χ1) is 4.80. The number of carboxylic acid groups (broad SMARTS) is 1. The van der Waals surface area contributed by atoms with E-state index in [0.717, 1.165) is 19.4 Å². The van der Waals surface area contributed by atoms with Crippen molar-refractivity contribution >= 4 is 5.97 Å². The molecule has 1 aliphatic rings. The molecule has 0 aromatic rings. The van der Waals surface area contributed by atoms with Crippen LogP contribution >= 0.6 is 0 Å². The highest BCUT2D eigenvalue weighted by Gasteiger charge is 2.20. The van der Waals surface area contributed by atoms with Crippen molar-refractivity contribution < 1.29 is 9.90 Å². The van der Waals surface area contributed by atoms with Crippen LogP contribution in [0.2, 0.25) is 0 Å². The van der Waals surface area contributed by atoms with Gasteiger partial charge in [-0.15, -0.1) is 0 Å². The van der Waals surface area contributed by atoms with Gasteiger partial charge in [-0.2, -0.15) is 0 Å². The van der Waals surface area contributed by atoms with Crippen LogP contribution < -0.4 is 5.32 Å². The third kappa shape index (κ3) is 2.82. The Labute approximate surface area is 61.4 Å². The van der Waals surface area contributed by atoms with E-state index >= 15 is 0 Å². The lowest BCUT2D eigenvalue weighted by Gasteiger charge is -1.99. The van der Waals surface area contributed by atoms with Crippen molar-refractivity contribution in [3.8, 4) is 0 Å². The highest BCUT2D eigenvalue weighted by Crippen LogP contribution is 2.03. The van der Waals surface area contributed by atoms with Gasteiger partial charge in [0.2, 0.25) is 0 Å². The van der Waals surface area contributed by atoms with Gasteiger partial charge in [0.25, 0.3) is 0 Å². The Bertz CT molecular complexity index is 97.8. The Kier molecular flexibility index (Phi) is 4.94. The molecule has 1 fully saturated rings. The standard InChI is InChI=1S/C5H9NO2.C2H6/c7-5(8)4-2-1-3-6-4;1-2/h4,6H,1-3H2,(H,7,8);1-2H3/t4-;/m1./s1. The SMILES string of the molecule is CC.O=C(O)[C@H]1CCCN1. The summed E-state index contributed by atoms with van der Waals surface area (Å²) in [5, 5.41) is 11.2. The molecule has 0 unspecified atom stereocenters. The van der Waals surface area contributed by atoms with Gasteiger partial charge in [0.15, 0.2) is 0 Å². The van der Waals surface area contributed by atoms with Crippen molar-refractivity contribution in [3.05, 3.63) is 0 Å². The molecule has 0 amide bonds. The lowest BCUT2D eigenvalue weighted by molar-refractivity contribution is -0.139. The minimum Gasteiger partial charge on any atom is -0.480 e. The second-order valence-corrected chi connectivity index (χ2v) is 1.99. The van der Waals surface area contributed by atoms with Crippen molar-refractivity contribution in [2.45, 2.75) is 32.7 Å². The minimum atomic E-state index is -0.720. The predicted molar refractivity (Wildman–Crippen MR) is 40.0 cm³/mol. The Hall–Kier alpha value is -0.570. The average Bonchev–Trinajstić information content (AvgIpc) is 2.42. The van der Waals surface area contributed by atoms with Crippen LogP contribution in [0.5, 0.6) is 0 Å². The lowest BCUT2D eigenvalue weighted by atomic mass is 10.2. The molecule has 0 aliphatic carbocycles. The van der Waals surface area contributed by atoms with E-state index in [9.17, 15) is 4.79 Å². The molecule has 1 heterocycles. The highest BCUT2D eigenvalue weighted by atomic mass is 16.4. The van der Waals surface area contributed by atoms with E-state index in [-0.39, 0.29) is 6.04 Å². The molecule has 10 heavy (non-hydrogen) atoms. The monoisotopic (exact) mass is 145 g/mol. The number of rotatable bonds is 1. The van der Waals surface area contributed by atoms with Crippen molar-refractivity contribution in [2.75, 3.05) is 6.54 Å². The molecular weight excluding hydrogens is 130 g/mol. The molecule has 2 N–H and O–H groups in total. The van der Waals surface area contributed by atoms with Crippen LogP contribution in [0, 0.1) is 0 Å². The molecule has 0 saturated carbocycles. The zero-order valence-electron chi connectivity index (χ0n) is 6.55. The van der Waals surface area contributed by atoms with Gasteiger partial charge < -0.3 is 10.4 Å². The third-order valence-electron chi connectivity index (χ3n) is 1.36. The molecule has 0 aromatic carbocycles. The van der Waals surface area contributed by atoms with Crippen LogP contribution in [0.15, 0.2) is 0 Å². The Morgan fingerprint density at radius 3 is 2.40 bits per heavy atom. The molecule has 0 radical (unpaired) electrons. The first kappa shape index (κ1) is 9.43. The third-order valence-corrected chi connectivity index (χ3v) is 1.36. The van der Waals surface area contributed by atoms with E-state index in [4.69, 9.17) is 5.11 Å². The fourth-order valence-electron chi connectivity index (χ4n) is 0.895. The number of hydrogen-bond acceptors (Lipinski definition) is 2. The molecule has 0 bridgehead atoms. The average molecular weight is 145 g/mol. The van der Waals surface area contributed by atoms with Crippen LogP contribution in [-0.2, 0) is 4.79 Å². The van der Waals surface area contributed by atoms with E-state index in [2.05, 4.69) is 5.32 Å². The molecule has 60 valence electrons. The minimum absolute atomic E-state index is 0.269. The summed E-state index contributed by atoms with van der Waals surface area (Å²) in [4.78, 5) is 10.1. The predicted octanol–water partition coefficient (Wildman–Crippen LogP) is 0.849. The number of hydrogen-bond donors (Lipinski definition) is 2. The van der Waals surface area contributed by atoms with Gasteiger partial charge in [-0.25, -0.2) is 0 Å². The van der Waals surface area contributed by atoms with E-state index in [1.54, 1.807) is 0 Å². The van der Waals surface area contributed by atoms with Crippen molar-refractivity contribution in [2.24, 2.45) is 0 Å². The fraction of sp³-hybridized carbons (Fsp3) is 0.857. The second-order valence-electron chi connectivity index (χ2n) is 1.99. The van der Waals surface area contributed by atoms with E-state index in [1.807, 2.05) is 13.8 Å². The molecule has 1 aliphatic heterocycles. The Morgan fingerprint density at radius 1 is 1.60 bits per heavy atom. The first-order valence-corrected chi connectivity index (χ1v) is 3.77. The van der Waals surface area contributed by atoms with Crippen LogP contribution in [0.3, 0.4) is 0 Å². The maximum Gasteiger partial charge on any atom is 0.320 e. The second kappa shape index (κ2) is 5.23. The molecule has 1 rings (SSSR count). The number of nitrogens with one attached hydrogen (secondary N) is 1. The Morgan fingerprint density at radius 2 is 2.20 bits per heavy atom. The molecule has 0 aromatic heterocycles. The smallest absolute Gasteiger partial charge is 0.320 e. The van der Waals surface area contributed by atoms with E-state index in [1.165, 1.54) is 0 Å². The highest BCUT2D eigenvalue weighted by molar-refractivity contribution is 5.73. The van der Waals surface area contributed by atoms with Crippen LogP contribution in [0.1, 0.15) is 26.7 Å². The number of aliphatic carboxylic acids is 1. The number of carboxylic acids is 1. The maximum absolute atomic E-state index is 10.1. The fourth-order valence-corrected chi connectivity index (χ4v) is 0.895. The van der Waals surface area contributed by atoms with E-state index < -0.39 is 5.97 Å². The normalized spacial score (nSPS) is 23.2. The summed E-state index contributed by atoms with van der Waals surface area (Å²) in [7, 11) is 0. The number of carbonyl (C=O) groups is 1. The van der Waals surface area contributed by atoms with Crippen molar-refractivity contribution in [1.29, 1.82) is 0 Å². The quantitative estimate of drug-likeness (QED) is 0.575. The summed E-state index contributed by atoms with van der Waals surface area (Å²) in [6.07, 6.45) is 1.78. The van der Waals surface area contributed by atoms with Gasteiger partial charge >= 0.3 is 5.97 Å². The van der Waals surface area contributed by atoms with Gasteiger partial charge in [0.1, 0.15) is 6.04 Å².